The second-order valence-corrected chi connectivity index (χ2v) is 6.35. The highest BCUT2D eigenvalue weighted by Gasteiger charge is 2.21. The van der Waals surface area contributed by atoms with E-state index in [1.165, 1.54) is 0 Å². The average molecular weight is 353 g/mol. The van der Waals surface area contributed by atoms with Gasteiger partial charge in [-0.1, -0.05) is 12.1 Å². The van der Waals surface area contributed by atoms with E-state index in [0.717, 1.165) is 12.0 Å². The Morgan fingerprint density at radius 3 is 2.88 bits per heavy atom. The zero-order valence-corrected chi connectivity index (χ0v) is 14.8. The maximum absolute atomic E-state index is 12.8. The summed E-state index contributed by atoms with van der Waals surface area (Å²) in [6.07, 6.45) is 0.845. The lowest BCUT2D eigenvalue weighted by Gasteiger charge is -2.12. The monoisotopic (exact) mass is 353 g/mol. The van der Waals surface area contributed by atoms with Gasteiger partial charge in [0.25, 0.3) is 11.6 Å². The molecule has 0 spiro atoms. The van der Waals surface area contributed by atoms with E-state index in [4.69, 9.17) is 14.0 Å². The number of aromatic nitrogens is 2. The minimum atomic E-state index is -0.167. The fourth-order valence-electron chi connectivity index (χ4n) is 2.88. The Hall–Kier alpha value is -3.09. The fraction of sp³-hybridized carbons (Fsp3) is 0.316. The zero-order chi connectivity index (χ0) is 18.3. The summed E-state index contributed by atoms with van der Waals surface area (Å²) in [6, 6.07) is 7.38. The number of benzene rings is 1. The van der Waals surface area contributed by atoms with Crippen molar-refractivity contribution in [1.29, 1.82) is 0 Å². The Balaban J connectivity index is 1.83. The highest BCUT2D eigenvalue weighted by Crippen LogP contribution is 2.36. The number of ether oxygens (including phenoxy) is 2. The SMILES string of the molecule is CCC(C)NC(=O)c1cc(-c2ccc3c(c2)OCO3)nc2onc(C)c12. The van der Waals surface area contributed by atoms with Gasteiger partial charge in [-0.2, -0.15) is 0 Å². The summed E-state index contributed by atoms with van der Waals surface area (Å²) in [5.74, 6) is 1.18. The first-order valence-electron chi connectivity index (χ1n) is 8.54. The molecule has 0 radical (unpaired) electrons. The lowest BCUT2D eigenvalue weighted by Crippen LogP contribution is -2.32. The van der Waals surface area contributed by atoms with Crippen molar-refractivity contribution >= 4 is 17.0 Å². The molecule has 1 aromatic carbocycles. The molecule has 7 nitrogen and oxygen atoms in total. The van der Waals surface area contributed by atoms with Gasteiger partial charge in [0.05, 0.1) is 22.3 Å². The molecule has 4 rings (SSSR count). The van der Waals surface area contributed by atoms with Crippen molar-refractivity contribution in [3.05, 3.63) is 35.5 Å². The molecule has 0 saturated carbocycles. The van der Waals surface area contributed by atoms with Gasteiger partial charge in [-0.25, -0.2) is 4.98 Å². The third-order valence-electron chi connectivity index (χ3n) is 4.52. The molecule has 1 aliphatic heterocycles. The highest BCUT2D eigenvalue weighted by molar-refractivity contribution is 6.07. The van der Waals surface area contributed by atoms with Crippen LogP contribution < -0.4 is 14.8 Å². The molecular weight excluding hydrogens is 334 g/mol. The van der Waals surface area contributed by atoms with E-state index in [1.807, 2.05) is 32.0 Å². The van der Waals surface area contributed by atoms with Crippen molar-refractivity contribution in [2.45, 2.75) is 33.2 Å². The Bertz CT molecular complexity index is 996. The number of nitrogens with one attached hydrogen (secondary N) is 1. The molecule has 0 saturated heterocycles. The summed E-state index contributed by atoms with van der Waals surface area (Å²) < 4.78 is 16.1. The van der Waals surface area contributed by atoms with Crippen LogP contribution in [-0.4, -0.2) is 28.9 Å². The molecule has 1 unspecified atom stereocenters. The first kappa shape index (κ1) is 16.4. The Morgan fingerprint density at radius 1 is 1.27 bits per heavy atom. The van der Waals surface area contributed by atoms with Gasteiger partial charge < -0.3 is 19.3 Å². The van der Waals surface area contributed by atoms with Crippen LogP contribution in [0, 0.1) is 6.92 Å². The molecule has 1 N–H and O–H groups in total. The quantitative estimate of drug-likeness (QED) is 0.773. The summed E-state index contributed by atoms with van der Waals surface area (Å²) in [7, 11) is 0. The van der Waals surface area contributed by atoms with E-state index in [2.05, 4.69) is 15.5 Å². The largest absolute Gasteiger partial charge is 0.454 e. The van der Waals surface area contributed by atoms with Gasteiger partial charge >= 0.3 is 0 Å². The molecule has 26 heavy (non-hydrogen) atoms. The topological polar surface area (TPSA) is 86.5 Å². The van der Waals surface area contributed by atoms with Crippen molar-refractivity contribution in [3.8, 4) is 22.8 Å². The van der Waals surface area contributed by atoms with Crippen molar-refractivity contribution in [2.75, 3.05) is 6.79 Å². The third-order valence-corrected chi connectivity index (χ3v) is 4.52. The summed E-state index contributed by atoms with van der Waals surface area (Å²) in [5, 5.41) is 7.60. The molecule has 1 atom stereocenters. The maximum atomic E-state index is 12.8. The predicted octanol–water partition coefficient (Wildman–Crippen LogP) is 3.46. The van der Waals surface area contributed by atoms with Gasteiger partial charge in [0.2, 0.25) is 6.79 Å². The van der Waals surface area contributed by atoms with Crippen LogP contribution in [0.1, 0.15) is 36.3 Å². The van der Waals surface area contributed by atoms with Crippen molar-refractivity contribution in [2.24, 2.45) is 0 Å². The van der Waals surface area contributed by atoms with Crippen LogP contribution in [-0.2, 0) is 0 Å². The van der Waals surface area contributed by atoms with Gasteiger partial charge in [0.1, 0.15) is 0 Å². The molecule has 3 aromatic rings. The van der Waals surface area contributed by atoms with Crippen LogP contribution in [0.2, 0.25) is 0 Å². The smallest absolute Gasteiger partial charge is 0.259 e. The van der Waals surface area contributed by atoms with Gasteiger partial charge in [0.15, 0.2) is 11.5 Å². The predicted molar refractivity (Wildman–Crippen MR) is 95.3 cm³/mol. The molecule has 0 aliphatic carbocycles. The van der Waals surface area contributed by atoms with Crippen LogP contribution in [0.5, 0.6) is 11.5 Å². The van der Waals surface area contributed by atoms with E-state index in [0.29, 0.717) is 39.6 Å². The number of amides is 1. The Labute approximate surface area is 150 Å². The first-order valence-corrected chi connectivity index (χ1v) is 8.54. The molecule has 0 bridgehead atoms. The molecular formula is C19H19N3O4. The van der Waals surface area contributed by atoms with Crippen molar-refractivity contribution < 1.29 is 18.8 Å². The van der Waals surface area contributed by atoms with Crippen LogP contribution in [0.3, 0.4) is 0 Å². The van der Waals surface area contributed by atoms with Crippen molar-refractivity contribution in [1.82, 2.24) is 15.5 Å². The maximum Gasteiger partial charge on any atom is 0.259 e. The molecule has 1 amide bonds. The number of fused-ring (bicyclic) bond motifs is 2. The van der Waals surface area contributed by atoms with Crippen LogP contribution in [0.4, 0.5) is 0 Å². The van der Waals surface area contributed by atoms with E-state index < -0.39 is 0 Å². The number of carbonyl (C=O) groups excluding carboxylic acids is 1. The molecule has 134 valence electrons. The second-order valence-electron chi connectivity index (χ2n) is 6.35. The number of hydrogen-bond acceptors (Lipinski definition) is 6. The standard InChI is InChI=1S/C19H19N3O4/c1-4-10(2)20-18(23)13-8-14(21-19-17(13)11(3)22-26-19)12-5-6-15-16(7-12)25-9-24-15/h5-8,10H,4,9H2,1-3H3,(H,20,23). The van der Waals surface area contributed by atoms with Gasteiger partial charge in [-0.15, -0.1) is 0 Å². The first-order chi connectivity index (χ1) is 12.6. The summed E-state index contributed by atoms with van der Waals surface area (Å²) in [4.78, 5) is 17.3. The van der Waals surface area contributed by atoms with Gasteiger partial charge in [-0.3, -0.25) is 4.79 Å². The van der Waals surface area contributed by atoms with Crippen molar-refractivity contribution in [3.63, 3.8) is 0 Å². The number of rotatable bonds is 4. The fourth-order valence-corrected chi connectivity index (χ4v) is 2.88. The highest BCUT2D eigenvalue weighted by atomic mass is 16.7. The Morgan fingerprint density at radius 2 is 2.08 bits per heavy atom. The van der Waals surface area contributed by atoms with Gasteiger partial charge in [0, 0.05) is 11.6 Å². The third kappa shape index (κ3) is 2.75. The molecule has 1 aliphatic rings. The minimum Gasteiger partial charge on any atom is -0.454 e. The minimum absolute atomic E-state index is 0.0693. The summed E-state index contributed by atoms with van der Waals surface area (Å²) in [6.45, 7) is 5.99. The molecule has 0 fully saturated rings. The molecule has 7 heteroatoms. The van der Waals surface area contributed by atoms with E-state index >= 15 is 0 Å². The summed E-state index contributed by atoms with van der Waals surface area (Å²) in [5.41, 5.74) is 2.90. The van der Waals surface area contributed by atoms with Crippen LogP contribution in [0.15, 0.2) is 28.8 Å². The lowest BCUT2D eigenvalue weighted by molar-refractivity contribution is 0.0941. The van der Waals surface area contributed by atoms with Gasteiger partial charge in [-0.05, 0) is 44.5 Å². The van der Waals surface area contributed by atoms with Crippen LogP contribution in [0.25, 0.3) is 22.4 Å². The number of hydrogen-bond donors (Lipinski definition) is 1. The zero-order valence-electron chi connectivity index (χ0n) is 14.8. The second kappa shape index (κ2) is 6.33. The van der Waals surface area contributed by atoms with E-state index in [9.17, 15) is 4.79 Å². The lowest BCUT2D eigenvalue weighted by atomic mass is 10.0. The number of pyridine rings is 1. The molecule has 2 aromatic heterocycles. The average Bonchev–Trinajstić information content (AvgIpc) is 3.26. The van der Waals surface area contributed by atoms with E-state index in [1.54, 1.807) is 13.0 Å². The normalized spacial score (nSPS) is 13.8. The van der Waals surface area contributed by atoms with E-state index in [-0.39, 0.29) is 18.7 Å². The number of nitrogens with zero attached hydrogens (tertiary/aromatic N) is 2. The van der Waals surface area contributed by atoms with Crippen LogP contribution >= 0.6 is 0 Å². The number of aryl methyl sites for hydroxylation is 1. The number of carbonyl (C=O) groups is 1. The summed E-state index contributed by atoms with van der Waals surface area (Å²) >= 11 is 0. The molecule has 3 heterocycles. The Kier molecular flexibility index (Phi) is 3.99.